The van der Waals surface area contributed by atoms with Gasteiger partial charge in [-0.25, -0.2) is 0 Å². The van der Waals surface area contributed by atoms with Crippen LogP contribution in [0.1, 0.15) is 5.69 Å². The second kappa shape index (κ2) is 9.40. The number of thioether (sulfide) groups is 1. The Morgan fingerprint density at radius 3 is 2.48 bits per heavy atom. The number of hydrogen-bond donors (Lipinski definition) is 1. The number of pyridine rings is 1. The maximum absolute atomic E-state index is 12.3. The van der Waals surface area contributed by atoms with Crippen LogP contribution in [0, 0.1) is 0 Å². The molecule has 9 nitrogen and oxygen atoms in total. The zero-order chi connectivity index (χ0) is 23.4. The van der Waals surface area contributed by atoms with Gasteiger partial charge in [0.2, 0.25) is 23.5 Å². The molecule has 1 aromatic carbocycles. The van der Waals surface area contributed by atoms with E-state index in [-0.39, 0.29) is 29.2 Å². The highest BCUT2D eigenvalue weighted by molar-refractivity contribution is 7.98. The summed E-state index contributed by atoms with van der Waals surface area (Å²) >= 11 is 0.742. The van der Waals surface area contributed by atoms with E-state index in [1.807, 2.05) is 30.3 Å². The van der Waals surface area contributed by atoms with Gasteiger partial charge in [0, 0.05) is 24.7 Å². The molecule has 0 spiro atoms. The molecule has 0 unspecified atom stereocenters. The summed E-state index contributed by atoms with van der Waals surface area (Å²) < 4.78 is 42.1. The van der Waals surface area contributed by atoms with Crippen LogP contribution in [-0.2, 0) is 5.75 Å². The van der Waals surface area contributed by atoms with Gasteiger partial charge in [0.15, 0.2) is 0 Å². The first-order valence-electron chi connectivity index (χ1n) is 9.53. The average Bonchev–Trinajstić information content (AvgIpc) is 3.29. The van der Waals surface area contributed by atoms with Crippen molar-refractivity contribution in [3.05, 3.63) is 54.4 Å². The van der Waals surface area contributed by atoms with Gasteiger partial charge in [-0.15, -0.1) is 11.8 Å². The topological polar surface area (TPSA) is 120 Å². The van der Waals surface area contributed by atoms with E-state index in [1.54, 1.807) is 24.1 Å². The maximum atomic E-state index is 12.3. The van der Waals surface area contributed by atoms with Crippen molar-refractivity contribution in [2.45, 2.75) is 11.9 Å². The maximum Gasteiger partial charge on any atom is 0.397 e. The summed E-state index contributed by atoms with van der Waals surface area (Å²) in [4.78, 5) is 22.8. The van der Waals surface area contributed by atoms with E-state index in [0.29, 0.717) is 17.2 Å². The zero-order valence-corrected chi connectivity index (χ0v) is 18.0. The van der Waals surface area contributed by atoms with E-state index >= 15 is 0 Å². The van der Waals surface area contributed by atoms with Crippen molar-refractivity contribution in [1.82, 2.24) is 30.1 Å². The van der Waals surface area contributed by atoms with Gasteiger partial charge in [-0.1, -0.05) is 23.4 Å². The van der Waals surface area contributed by atoms with E-state index in [4.69, 9.17) is 10.3 Å². The van der Waals surface area contributed by atoms with Crippen molar-refractivity contribution < 1.29 is 17.7 Å². The Labute approximate surface area is 190 Å². The molecule has 0 saturated heterocycles. The van der Waals surface area contributed by atoms with Gasteiger partial charge >= 0.3 is 6.18 Å². The first kappa shape index (κ1) is 22.5. The molecule has 0 bridgehead atoms. The predicted octanol–water partition coefficient (Wildman–Crippen LogP) is 4.13. The molecule has 0 amide bonds. The number of nitrogens with two attached hydrogens (primary N) is 1. The van der Waals surface area contributed by atoms with E-state index in [2.05, 4.69) is 30.1 Å². The third-order valence-corrected chi connectivity index (χ3v) is 5.33. The molecule has 0 aliphatic carbocycles. The lowest BCUT2D eigenvalue weighted by atomic mass is 10.2. The van der Waals surface area contributed by atoms with Gasteiger partial charge in [0.25, 0.3) is 5.89 Å². The predicted molar refractivity (Wildman–Crippen MR) is 117 cm³/mol. The molecule has 3 aromatic heterocycles. The van der Waals surface area contributed by atoms with Crippen LogP contribution < -0.4 is 10.6 Å². The summed E-state index contributed by atoms with van der Waals surface area (Å²) in [5.41, 5.74) is 7.71. The number of hydrogen-bond acceptors (Lipinski definition) is 10. The van der Waals surface area contributed by atoms with Crippen molar-refractivity contribution in [2.75, 3.05) is 23.4 Å². The van der Waals surface area contributed by atoms with Crippen molar-refractivity contribution in [1.29, 1.82) is 0 Å². The minimum atomic E-state index is -4.21. The first-order chi connectivity index (χ1) is 15.8. The Morgan fingerprint density at radius 2 is 1.79 bits per heavy atom. The number of benzene rings is 1. The molecule has 33 heavy (non-hydrogen) atoms. The fraction of sp³-hybridized carbons (Fsp3) is 0.200. The van der Waals surface area contributed by atoms with Crippen LogP contribution in [0.15, 0.2) is 53.2 Å². The van der Waals surface area contributed by atoms with Gasteiger partial charge in [0.05, 0.1) is 17.0 Å². The third-order valence-electron chi connectivity index (χ3n) is 4.30. The van der Waals surface area contributed by atoms with Crippen molar-refractivity contribution in [3.63, 3.8) is 0 Å². The molecule has 0 radical (unpaired) electrons. The Hall–Kier alpha value is -3.74. The minimum absolute atomic E-state index is 0.00786. The van der Waals surface area contributed by atoms with Crippen LogP contribution in [0.3, 0.4) is 0 Å². The van der Waals surface area contributed by atoms with Gasteiger partial charge < -0.3 is 15.2 Å². The number of aromatic nitrogens is 6. The van der Waals surface area contributed by atoms with Gasteiger partial charge in [-0.3, -0.25) is 4.98 Å². The molecule has 170 valence electrons. The molecule has 13 heteroatoms. The fourth-order valence-corrected chi connectivity index (χ4v) is 3.45. The van der Waals surface area contributed by atoms with E-state index in [0.717, 1.165) is 17.4 Å². The summed E-state index contributed by atoms with van der Waals surface area (Å²) in [7, 11) is 1.79. The van der Waals surface area contributed by atoms with Crippen LogP contribution >= 0.6 is 11.8 Å². The van der Waals surface area contributed by atoms with Crippen LogP contribution in [0.2, 0.25) is 0 Å². The summed E-state index contributed by atoms with van der Waals surface area (Å²) in [6.07, 6.45) is -2.75. The number of para-hydroxylation sites is 1. The Balaban J connectivity index is 1.51. The largest absolute Gasteiger partial charge is 0.397 e. The molecule has 0 aliphatic heterocycles. The molecular formula is C20H17F3N8OS. The van der Waals surface area contributed by atoms with Crippen LogP contribution in [0.4, 0.5) is 30.8 Å². The number of anilines is 3. The molecule has 4 aromatic rings. The Bertz CT molecular complexity index is 1220. The van der Waals surface area contributed by atoms with Gasteiger partial charge in [-0.2, -0.15) is 33.1 Å². The molecular weight excluding hydrogens is 457 g/mol. The van der Waals surface area contributed by atoms with Crippen LogP contribution in [0.5, 0.6) is 0 Å². The van der Waals surface area contributed by atoms with Crippen molar-refractivity contribution >= 4 is 29.3 Å². The summed E-state index contributed by atoms with van der Waals surface area (Å²) in [6, 6.07) is 12.7. The SMILES string of the molecule is CN(c1ccccc1)c1nc(N)nc(-c2noc(-c3ccc(CSCC(F)(F)F)nc3)n2)n1. The number of rotatable bonds is 7. The van der Waals surface area contributed by atoms with Gasteiger partial charge in [0.1, 0.15) is 0 Å². The number of nitrogen functional groups attached to an aromatic ring is 1. The third kappa shape index (κ3) is 5.74. The normalized spacial score (nSPS) is 11.5. The highest BCUT2D eigenvalue weighted by atomic mass is 32.2. The molecule has 4 rings (SSSR count). The molecule has 3 heterocycles. The lowest BCUT2D eigenvalue weighted by molar-refractivity contribution is -0.105. The molecule has 0 aliphatic rings. The zero-order valence-electron chi connectivity index (χ0n) is 17.2. The van der Waals surface area contributed by atoms with Crippen LogP contribution in [-0.4, -0.2) is 49.1 Å². The molecule has 0 saturated carbocycles. The summed E-state index contributed by atoms with van der Waals surface area (Å²) in [6.45, 7) is 0. The number of nitrogens with zero attached hydrogens (tertiary/aromatic N) is 7. The second-order valence-corrected chi connectivity index (χ2v) is 7.77. The fourth-order valence-electron chi connectivity index (χ4n) is 2.74. The first-order valence-corrected chi connectivity index (χ1v) is 10.7. The minimum Gasteiger partial charge on any atom is -0.368 e. The standard InChI is InChI=1S/C20H17F3N8OS/c1-31(14-5-3-2-4-6-14)19-28-15(27-18(24)29-19)16-26-17(32-30-16)12-7-8-13(25-9-12)10-33-11-20(21,22)23/h2-9H,10-11H2,1H3,(H2,24,27,28,29). The lowest BCUT2D eigenvalue weighted by Gasteiger charge is -2.17. The van der Waals surface area contributed by atoms with E-state index in [9.17, 15) is 13.2 Å². The lowest BCUT2D eigenvalue weighted by Crippen LogP contribution is -2.15. The molecule has 0 fully saturated rings. The Kier molecular flexibility index (Phi) is 6.40. The van der Waals surface area contributed by atoms with E-state index in [1.165, 1.54) is 6.20 Å². The smallest absolute Gasteiger partial charge is 0.368 e. The quantitative estimate of drug-likeness (QED) is 0.419. The van der Waals surface area contributed by atoms with Crippen molar-refractivity contribution in [3.8, 4) is 23.1 Å². The average molecular weight is 474 g/mol. The highest BCUT2D eigenvalue weighted by Crippen LogP contribution is 2.26. The van der Waals surface area contributed by atoms with Crippen LogP contribution in [0.25, 0.3) is 23.1 Å². The Morgan fingerprint density at radius 1 is 1.00 bits per heavy atom. The van der Waals surface area contributed by atoms with Gasteiger partial charge in [-0.05, 0) is 24.3 Å². The number of alkyl halides is 3. The molecule has 0 atom stereocenters. The summed E-state index contributed by atoms with van der Waals surface area (Å²) in [5.74, 6) is -0.112. The van der Waals surface area contributed by atoms with E-state index < -0.39 is 11.9 Å². The van der Waals surface area contributed by atoms with Crippen molar-refractivity contribution in [2.24, 2.45) is 0 Å². The number of halogens is 3. The molecule has 2 N–H and O–H groups in total. The monoisotopic (exact) mass is 474 g/mol. The highest BCUT2D eigenvalue weighted by Gasteiger charge is 2.26. The summed E-state index contributed by atoms with van der Waals surface area (Å²) in [5, 5.41) is 3.91. The second-order valence-electron chi connectivity index (χ2n) is 6.78.